The minimum absolute atomic E-state index is 0.242. The number of rotatable bonds is 6. The Hall–Kier alpha value is -3.94. The van der Waals surface area contributed by atoms with Gasteiger partial charge < -0.3 is 20.9 Å². The molecule has 0 unspecified atom stereocenters. The van der Waals surface area contributed by atoms with Gasteiger partial charge in [-0.25, -0.2) is 13.6 Å². The second-order valence-electron chi connectivity index (χ2n) is 7.82. The predicted molar refractivity (Wildman–Crippen MR) is 125 cm³/mol. The molecule has 1 fully saturated rings. The molecule has 170 valence electrons. The lowest BCUT2D eigenvalue weighted by Gasteiger charge is -2.22. The van der Waals surface area contributed by atoms with E-state index in [-0.39, 0.29) is 18.3 Å². The number of carbonyl (C=O) groups is 2. The van der Waals surface area contributed by atoms with Crippen LogP contribution in [0.25, 0.3) is 0 Å². The van der Waals surface area contributed by atoms with Gasteiger partial charge in [-0.15, -0.1) is 0 Å². The predicted octanol–water partition coefficient (Wildman–Crippen LogP) is 5.14. The van der Waals surface area contributed by atoms with Crippen LogP contribution >= 0.6 is 0 Å². The van der Waals surface area contributed by atoms with Crippen molar-refractivity contribution in [1.29, 1.82) is 0 Å². The molecule has 6 nitrogen and oxygen atoms in total. The van der Waals surface area contributed by atoms with Crippen LogP contribution in [0, 0.1) is 11.6 Å². The van der Waals surface area contributed by atoms with Crippen LogP contribution < -0.4 is 20.9 Å². The summed E-state index contributed by atoms with van der Waals surface area (Å²) < 4.78 is 26.2. The maximum absolute atomic E-state index is 13.1. The number of hydrogen-bond donors (Lipinski definition) is 3. The van der Waals surface area contributed by atoms with Crippen LogP contribution in [-0.4, -0.2) is 25.0 Å². The van der Waals surface area contributed by atoms with Crippen molar-refractivity contribution in [3.8, 4) is 0 Å². The molecule has 0 radical (unpaired) electrons. The van der Waals surface area contributed by atoms with Crippen molar-refractivity contribution in [3.63, 3.8) is 0 Å². The van der Waals surface area contributed by atoms with E-state index in [1.54, 1.807) is 24.3 Å². The molecule has 3 aromatic carbocycles. The van der Waals surface area contributed by atoms with E-state index in [1.807, 2.05) is 6.07 Å². The normalized spacial score (nSPS) is 13.0. The number of nitrogens with zero attached hydrogens (tertiary/aromatic N) is 1. The number of benzene rings is 3. The van der Waals surface area contributed by atoms with Crippen molar-refractivity contribution in [2.75, 3.05) is 28.6 Å². The Morgan fingerprint density at radius 2 is 1.45 bits per heavy atom. The summed E-state index contributed by atoms with van der Waals surface area (Å²) >= 11 is 0. The van der Waals surface area contributed by atoms with E-state index in [4.69, 9.17) is 0 Å². The van der Waals surface area contributed by atoms with Crippen molar-refractivity contribution in [1.82, 2.24) is 5.32 Å². The molecule has 0 atom stereocenters. The number of halogens is 2. The average molecular weight is 450 g/mol. The molecule has 1 aliphatic rings. The fraction of sp³-hybridized carbons (Fsp3) is 0.200. The number of anilines is 3. The monoisotopic (exact) mass is 450 g/mol. The quantitative estimate of drug-likeness (QED) is 0.487. The second-order valence-corrected chi connectivity index (χ2v) is 7.82. The standard InChI is InChI=1S/C25H24F2N4O2/c26-19-7-3-17(4-8-19)16-28-25(33)30-22-15-21(11-12-23(22)31-13-1-2-14-31)29-24(32)18-5-9-20(27)10-6-18/h3-12,15H,1-2,13-14,16H2,(H,29,32)(H2,28,30,33). The van der Waals surface area contributed by atoms with Gasteiger partial charge in [-0.3, -0.25) is 4.79 Å². The number of nitrogens with one attached hydrogen (secondary N) is 3. The Morgan fingerprint density at radius 3 is 2.12 bits per heavy atom. The molecule has 0 aliphatic carbocycles. The Labute approximate surface area is 190 Å². The third kappa shape index (κ3) is 5.85. The Kier molecular flexibility index (Phi) is 6.83. The largest absolute Gasteiger partial charge is 0.370 e. The van der Waals surface area contributed by atoms with Gasteiger partial charge in [-0.05, 0) is 73.0 Å². The molecule has 3 N–H and O–H groups in total. The van der Waals surface area contributed by atoms with Crippen LogP contribution in [0.15, 0.2) is 66.7 Å². The lowest BCUT2D eigenvalue weighted by molar-refractivity contribution is 0.102. The molecule has 3 amide bonds. The molecule has 1 heterocycles. The van der Waals surface area contributed by atoms with E-state index in [0.29, 0.717) is 16.9 Å². The lowest BCUT2D eigenvalue weighted by Crippen LogP contribution is -2.29. The van der Waals surface area contributed by atoms with Crippen LogP contribution in [0.5, 0.6) is 0 Å². The molecule has 8 heteroatoms. The van der Waals surface area contributed by atoms with Crippen molar-refractivity contribution in [2.45, 2.75) is 19.4 Å². The van der Waals surface area contributed by atoms with Crippen molar-refractivity contribution < 1.29 is 18.4 Å². The highest BCUT2D eigenvalue weighted by Gasteiger charge is 2.18. The lowest BCUT2D eigenvalue weighted by atomic mass is 10.2. The number of amides is 3. The van der Waals surface area contributed by atoms with Gasteiger partial charge in [0.05, 0.1) is 11.4 Å². The van der Waals surface area contributed by atoms with Gasteiger partial charge in [0.2, 0.25) is 0 Å². The minimum atomic E-state index is -0.417. The second kappa shape index (κ2) is 10.1. The topological polar surface area (TPSA) is 73.5 Å². The SMILES string of the molecule is O=C(NCc1ccc(F)cc1)Nc1cc(NC(=O)c2ccc(F)cc2)ccc1N1CCCC1. The Balaban J connectivity index is 1.48. The summed E-state index contributed by atoms with van der Waals surface area (Å²) in [5.41, 5.74) is 3.02. The molecule has 0 saturated carbocycles. The first-order valence-corrected chi connectivity index (χ1v) is 10.7. The fourth-order valence-corrected chi connectivity index (χ4v) is 3.70. The average Bonchev–Trinajstić information content (AvgIpc) is 3.34. The third-order valence-corrected chi connectivity index (χ3v) is 5.42. The summed E-state index contributed by atoms with van der Waals surface area (Å²) in [5.74, 6) is -1.13. The molecular formula is C25H24F2N4O2. The molecule has 0 aromatic heterocycles. The summed E-state index contributed by atoms with van der Waals surface area (Å²) in [5, 5.41) is 8.41. The molecule has 1 saturated heterocycles. The van der Waals surface area contributed by atoms with Gasteiger partial charge >= 0.3 is 6.03 Å². The highest BCUT2D eigenvalue weighted by Crippen LogP contribution is 2.32. The summed E-state index contributed by atoms with van der Waals surface area (Å²) in [6, 6.07) is 16.1. The number of carbonyl (C=O) groups excluding carboxylic acids is 2. The van der Waals surface area contributed by atoms with E-state index >= 15 is 0 Å². The first-order valence-electron chi connectivity index (χ1n) is 10.7. The zero-order chi connectivity index (χ0) is 23.2. The maximum atomic E-state index is 13.1. The highest BCUT2D eigenvalue weighted by atomic mass is 19.1. The summed E-state index contributed by atoms with van der Waals surface area (Å²) in [6.45, 7) is 2.01. The molecule has 4 rings (SSSR count). The molecule has 1 aliphatic heterocycles. The minimum Gasteiger partial charge on any atom is -0.370 e. The van der Waals surface area contributed by atoms with E-state index in [9.17, 15) is 18.4 Å². The van der Waals surface area contributed by atoms with Gasteiger partial charge in [0.15, 0.2) is 0 Å². The van der Waals surface area contributed by atoms with Gasteiger partial charge in [0.25, 0.3) is 5.91 Å². The van der Waals surface area contributed by atoms with Crippen LogP contribution in [0.1, 0.15) is 28.8 Å². The van der Waals surface area contributed by atoms with Crippen LogP contribution in [-0.2, 0) is 6.54 Å². The molecule has 3 aromatic rings. The zero-order valence-corrected chi connectivity index (χ0v) is 17.9. The van der Waals surface area contributed by atoms with Gasteiger partial charge in [0.1, 0.15) is 11.6 Å². The van der Waals surface area contributed by atoms with Crippen LogP contribution in [0.4, 0.5) is 30.6 Å². The summed E-state index contributed by atoms with van der Waals surface area (Å²) in [7, 11) is 0. The third-order valence-electron chi connectivity index (χ3n) is 5.42. The first kappa shape index (κ1) is 22.3. The van der Waals surface area contributed by atoms with Gasteiger partial charge in [0, 0.05) is 30.9 Å². The van der Waals surface area contributed by atoms with E-state index in [2.05, 4.69) is 20.9 Å². The highest BCUT2D eigenvalue weighted by molar-refractivity contribution is 6.05. The maximum Gasteiger partial charge on any atom is 0.319 e. The summed E-state index contributed by atoms with van der Waals surface area (Å²) in [6.07, 6.45) is 2.14. The first-order chi connectivity index (χ1) is 16.0. The molecule has 0 spiro atoms. The van der Waals surface area contributed by atoms with Crippen LogP contribution in [0.3, 0.4) is 0 Å². The van der Waals surface area contributed by atoms with Gasteiger partial charge in [-0.1, -0.05) is 12.1 Å². The smallest absolute Gasteiger partial charge is 0.319 e. The van der Waals surface area contributed by atoms with Gasteiger partial charge in [-0.2, -0.15) is 0 Å². The van der Waals surface area contributed by atoms with Crippen molar-refractivity contribution in [2.24, 2.45) is 0 Å². The Morgan fingerprint density at radius 1 is 0.818 bits per heavy atom. The molecule has 0 bridgehead atoms. The number of hydrogen-bond acceptors (Lipinski definition) is 3. The fourth-order valence-electron chi connectivity index (χ4n) is 3.70. The summed E-state index contributed by atoms with van der Waals surface area (Å²) in [4.78, 5) is 27.3. The molecular weight excluding hydrogens is 426 g/mol. The number of urea groups is 1. The zero-order valence-electron chi connectivity index (χ0n) is 17.9. The van der Waals surface area contributed by atoms with E-state index in [0.717, 1.165) is 37.2 Å². The van der Waals surface area contributed by atoms with Crippen LogP contribution in [0.2, 0.25) is 0 Å². The Bertz CT molecular complexity index is 1130. The molecule has 33 heavy (non-hydrogen) atoms. The van der Waals surface area contributed by atoms with Crippen molar-refractivity contribution in [3.05, 3.63) is 89.5 Å². The van der Waals surface area contributed by atoms with E-state index < -0.39 is 11.8 Å². The van der Waals surface area contributed by atoms with Crippen molar-refractivity contribution >= 4 is 29.0 Å². The van der Waals surface area contributed by atoms with E-state index in [1.165, 1.54) is 36.4 Å².